The van der Waals surface area contributed by atoms with Crippen molar-refractivity contribution in [2.24, 2.45) is 17.8 Å². The van der Waals surface area contributed by atoms with Crippen molar-refractivity contribution in [1.29, 1.82) is 0 Å². The maximum absolute atomic E-state index is 11.4. The van der Waals surface area contributed by atoms with Crippen LogP contribution in [0.3, 0.4) is 0 Å². The Hall–Kier alpha value is -2.29. The van der Waals surface area contributed by atoms with Crippen molar-refractivity contribution >= 4 is 16.6 Å². The van der Waals surface area contributed by atoms with Crippen molar-refractivity contribution in [1.82, 2.24) is 4.98 Å². The standard InChI is InChI=1S/C20H20N.C11H20O2.Ir/c1-14(2)11-16-7-8-19-17(13-16)9-10-21-20(19)18-6-4-5-15(3)12-18;1-5-8(3)10(12)7-11(13)9(4)6-2;/h4-5,7-10,12-14H,11H2,1-3H3;7-9,12H,5-6H2,1-4H3;/q-1;;/b;10-7-;. The summed E-state index contributed by atoms with van der Waals surface area (Å²) in [6, 6.07) is 18.3. The molecule has 1 radical (unpaired) electrons. The van der Waals surface area contributed by atoms with Crippen molar-refractivity contribution in [2.45, 2.75) is 67.7 Å². The Labute approximate surface area is 225 Å². The summed E-state index contributed by atoms with van der Waals surface area (Å²) < 4.78 is 0. The van der Waals surface area contributed by atoms with Gasteiger partial charge in [-0.15, -0.1) is 35.4 Å². The van der Waals surface area contributed by atoms with Crippen LogP contribution >= 0.6 is 0 Å². The van der Waals surface area contributed by atoms with Gasteiger partial charge in [-0.25, -0.2) is 0 Å². The molecule has 3 nitrogen and oxygen atoms in total. The van der Waals surface area contributed by atoms with E-state index in [0.717, 1.165) is 30.5 Å². The van der Waals surface area contributed by atoms with E-state index in [1.807, 2.05) is 40.0 Å². The van der Waals surface area contributed by atoms with Gasteiger partial charge < -0.3 is 10.1 Å². The second-order valence-corrected chi connectivity index (χ2v) is 9.68. The number of allylic oxidation sites excluding steroid dienone is 2. The zero-order valence-electron chi connectivity index (χ0n) is 22.2. The number of aromatic nitrogens is 1. The predicted molar refractivity (Wildman–Crippen MR) is 144 cm³/mol. The molecule has 0 fully saturated rings. The van der Waals surface area contributed by atoms with Gasteiger partial charge in [0.1, 0.15) is 0 Å². The average Bonchev–Trinajstić information content (AvgIpc) is 2.82. The molecule has 4 heteroatoms. The maximum atomic E-state index is 11.4. The molecule has 2 aromatic carbocycles. The number of aryl methyl sites for hydroxylation is 1. The van der Waals surface area contributed by atoms with Crippen molar-refractivity contribution in [3.63, 3.8) is 0 Å². The molecule has 1 heterocycles. The molecule has 3 rings (SSSR count). The number of hydrogen-bond donors (Lipinski definition) is 1. The number of carbonyl (C=O) groups excluding carboxylic acids is 1. The van der Waals surface area contributed by atoms with E-state index in [9.17, 15) is 9.90 Å². The number of pyridine rings is 1. The minimum Gasteiger partial charge on any atom is -0.512 e. The molecule has 1 N–H and O–H groups in total. The third kappa shape index (κ3) is 9.35. The van der Waals surface area contributed by atoms with E-state index in [2.05, 4.69) is 68.2 Å². The van der Waals surface area contributed by atoms with Gasteiger partial charge in [0.15, 0.2) is 5.78 Å². The van der Waals surface area contributed by atoms with Gasteiger partial charge in [0.2, 0.25) is 0 Å². The van der Waals surface area contributed by atoms with Crippen LogP contribution in [-0.4, -0.2) is 15.9 Å². The monoisotopic (exact) mass is 651 g/mol. The molecule has 0 aliphatic carbocycles. The van der Waals surface area contributed by atoms with E-state index in [-0.39, 0.29) is 43.5 Å². The molecule has 2 unspecified atom stereocenters. The second-order valence-electron chi connectivity index (χ2n) is 9.68. The molecular weight excluding hydrogens is 611 g/mol. The fourth-order valence-corrected chi connectivity index (χ4v) is 3.60. The van der Waals surface area contributed by atoms with Crippen molar-refractivity contribution in [2.75, 3.05) is 0 Å². The van der Waals surface area contributed by atoms with Crippen molar-refractivity contribution in [3.8, 4) is 11.3 Å². The summed E-state index contributed by atoms with van der Waals surface area (Å²) in [5, 5.41) is 11.9. The van der Waals surface area contributed by atoms with Gasteiger partial charge in [-0.2, -0.15) is 0 Å². The smallest absolute Gasteiger partial charge is 0.161 e. The molecule has 191 valence electrons. The summed E-state index contributed by atoms with van der Waals surface area (Å²) in [7, 11) is 0. The topological polar surface area (TPSA) is 50.2 Å². The molecule has 0 spiro atoms. The van der Waals surface area contributed by atoms with Crippen LogP contribution in [0.4, 0.5) is 0 Å². The Kier molecular flexibility index (Phi) is 13.1. The van der Waals surface area contributed by atoms with Crippen LogP contribution in [0.15, 0.2) is 60.5 Å². The summed E-state index contributed by atoms with van der Waals surface area (Å²) in [5.74, 6) is 1.03. The Morgan fingerprint density at radius 2 is 1.71 bits per heavy atom. The fraction of sp³-hybridized carbons (Fsp3) is 0.419. The third-order valence-corrected chi connectivity index (χ3v) is 6.19. The first-order valence-corrected chi connectivity index (χ1v) is 12.5. The van der Waals surface area contributed by atoms with E-state index in [4.69, 9.17) is 0 Å². The summed E-state index contributed by atoms with van der Waals surface area (Å²) in [4.78, 5) is 15.9. The fourth-order valence-electron chi connectivity index (χ4n) is 3.60. The quantitative estimate of drug-likeness (QED) is 0.152. The first-order valence-electron chi connectivity index (χ1n) is 12.5. The molecular formula is C31H40IrNO2-. The molecule has 0 saturated carbocycles. The summed E-state index contributed by atoms with van der Waals surface area (Å²) in [5.41, 5.74) is 4.71. The van der Waals surface area contributed by atoms with Gasteiger partial charge in [-0.1, -0.05) is 66.7 Å². The molecule has 2 atom stereocenters. The largest absolute Gasteiger partial charge is 0.512 e. The molecule has 35 heavy (non-hydrogen) atoms. The maximum Gasteiger partial charge on any atom is 0.161 e. The van der Waals surface area contributed by atoms with Crippen LogP contribution in [0.5, 0.6) is 0 Å². The average molecular weight is 651 g/mol. The zero-order valence-corrected chi connectivity index (χ0v) is 24.6. The van der Waals surface area contributed by atoms with E-state index in [1.165, 1.54) is 28.0 Å². The molecule has 1 aromatic heterocycles. The molecule has 0 saturated heterocycles. The number of ketones is 1. The van der Waals surface area contributed by atoms with Crippen LogP contribution in [0.2, 0.25) is 0 Å². The number of rotatable bonds is 8. The van der Waals surface area contributed by atoms with Crippen LogP contribution in [0.25, 0.3) is 22.0 Å². The first kappa shape index (κ1) is 30.7. The summed E-state index contributed by atoms with van der Waals surface area (Å²) >= 11 is 0. The Morgan fingerprint density at radius 1 is 1.03 bits per heavy atom. The normalized spacial score (nSPS) is 13.0. The summed E-state index contributed by atoms with van der Waals surface area (Å²) in [6.45, 7) is 14.4. The van der Waals surface area contributed by atoms with Gasteiger partial charge in [0.05, 0.1) is 5.76 Å². The molecule has 0 aliphatic rings. The minimum absolute atomic E-state index is 0. The Morgan fingerprint density at radius 3 is 2.31 bits per heavy atom. The number of benzene rings is 2. The molecule has 0 bridgehead atoms. The molecule has 0 amide bonds. The van der Waals surface area contributed by atoms with Gasteiger partial charge in [-0.05, 0) is 53.3 Å². The van der Waals surface area contributed by atoms with Gasteiger partial charge in [0.25, 0.3) is 0 Å². The SMILES string of the molecule is CCC(C)C(=O)/C=C(\O)C(C)CC.Cc1cc[c-]c(-c2nccc3cc(CC(C)C)ccc23)c1.[Ir]. The number of nitrogens with zero attached hydrogens (tertiary/aromatic N) is 1. The number of aliphatic hydroxyl groups is 1. The van der Waals surface area contributed by atoms with Gasteiger partial charge in [0, 0.05) is 44.2 Å². The van der Waals surface area contributed by atoms with E-state index < -0.39 is 0 Å². The molecule has 3 aromatic rings. The number of carbonyl (C=O) groups is 1. The Balaban J connectivity index is 0.000000383. The van der Waals surface area contributed by atoms with E-state index >= 15 is 0 Å². The zero-order chi connectivity index (χ0) is 25.3. The Bertz CT molecular complexity index is 1120. The summed E-state index contributed by atoms with van der Waals surface area (Å²) in [6.07, 6.45) is 6.07. The van der Waals surface area contributed by atoms with Crippen LogP contribution in [0, 0.1) is 30.7 Å². The number of aliphatic hydroxyl groups excluding tert-OH is 1. The van der Waals surface area contributed by atoms with Gasteiger partial charge >= 0.3 is 0 Å². The van der Waals surface area contributed by atoms with Crippen LogP contribution in [0.1, 0.15) is 65.5 Å². The predicted octanol–water partition coefficient (Wildman–Crippen LogP) is 8.30. The van der Waals surface area contributed by atoms with E-state index in [0.29, 0.717) is 5.92 Å². The minimum atomic E-state index is 0. The number of fused-ring (bicyclic) bond motifs is 1. The first-order chi connectivity index (χ1) is 16.2. The number of hydrogen-bond acceptors (Lipinski definition) is 3. The van der Waals surface area contributed by atoms with Gasteiger partial charge in [-0.3, -0.25) is 4.79 Å². The second kappa shape index (κ2) is 15.0. The van der Waals surface area contributed by atoms with Crippen molar-refractivity contribution in [3.05, 3.63) is 77.7 Å². The van der Waals surface area contributed by atoms with Crippen molar-refractivity contribution < 1.29 is 30.0 Å². The third-order valence-electron chi connectivity index (χ3n) is 6.19. The van der Waals surface area contributed by atoms with Crippen LogP contribution < -0.4 is 0 Å². The molecule has 0 aliphatic heterocycles. The van der Waals surface area contributed by atoms with E-state index in [1.54, 1.807) is 0 Å². The van der Waals surface area contributed by atoms with Crippen LogP contribution in [-0.2, 0) is 31.3 Å².